The molecule has 0 bridgehead atoms. The van der Waals surface area contributed by atoms with Crippen LogP contribution < -0.4 is 5.32 Å². The lowest BCUT2D eigenvalue weighted by molar-refractivity contribution is 0.459. The molecule has 1 aliphatic rings. The van der Waals surface area contributed by atoms with E-state index in [4.69, 9.17) is 0 Å². The topological polar surface area (TPSA) is 24.9 Å². The lowest BCUT2D eigenvalue weighted by Gasteiger charge is -2.23. The quantitative estimate of drug-likeness (QED) is 0.907. The van der Waals surface area contributed by atoms with Crippen LogP contribution in [0.5, 0.6) is 0 Å². The Morgan fingerprint density at radius 3 is 2.58 bits per heavy atom. The molecule has 98 valence electrons. The van der Waals surface area contributed by atoms with Crippen LogP contribution in [-0.2, 0) is 6.42 Å². The van der Waals surface area contributed by atoms with E-state index in [1.807, 2.05) is 12.4 Å². The smallest absolute Gasteiger partial charge is 0.0303 e. The van der Waals surface area contributed by atoms with E-state index in [0.717, 1.165) is 19.5 Å². The monoisotopic (exact) mass is 252 g/mol. The summed E-state index contributed by atoms with van der Waals surface area (Å²) in [6.45, 7) is 2.27. The molecule has 2 heterocycles. The van der Waals surface area contributed by atoms with Crippen LogP contribution in [-0.4, -0.2) is 18.1 Å². The summed E-state index contributed by atoms with van der Waals surface area (Å²) >= 11 is 0. The molecule has 3 rings (SSSR count). The number of piperidine rings is 1. The van der Waals surface area contributed by atoms with Gasteiger partial charge in [-0.1, -0.05) is 36.4 Å². The van der Waals surface area contributed by atoms with Crippen molar-refractivity contribution < 1.29 is 0 Å². The first-order valence-corrected chi connectivity index (χ1v) is 7.10. The fraction of sp³-hybridized carbons (Fsp3) is 0.353. The molecule has 0 saturated carbocycles. The Hall–Kier alpha value is -1.67. The standard InChI is InChI=1S/C17H20N2/c1-2-4-14(5-3-1)10-15-11-17(13-19-12-15)16-6-8-18-9-7-16/h1-5,11-13,16,18H,6-10H2. The van der Waals surface area contributed by atoms with E-state index in [2.05, 4.69) is 46.7 Å². The Morgan fingerprint density at radius 1 is 1.00 bits per heavy atom. The zero-order chi connectivity index (χ0) is 12.9. The third kappa shape index (κ3) is 3.21. The van der Waals surface area contributed by atoms with Crippen LogP contribution in [0, 0.1) is 0 Å². The van der Waals surface area contributed by atoms with Gasteiger partial charge in [-0.05, 0) is 55.0 Å². The van der Waals surface area contributed by atoms with Crippen molar-refractivity contribution in [2.75, 3.05) is 13.1 Å². The zero-order valence-corrected chi connectivity index (χ0v) is 11.2. The van der Waals surface area contributed by atoms with Gasteiger partial charge in [0.05, 0.1) is 0 Å². The minimum Gasteiger partial charge on any atom is -0.317 e. The first-order valence-electron chi connectivity index (χ1n) is 7.10. The van der Waals surface area contributed by atoms with Crippen molar-refractivity contribution in [2.24, 2.45) is 0 Å². The lowest BCUT2D eigenvalue weighted by Crippen LogP contribution is -2.26. The second-order valence-corrected chi connectivity index (χ2v) is 5.31. The summed E-state index contributed by atoms with van der Waals surface area (Å²) in [6.07, 6.45) is 7.49. The molecule has 0 radical (unpaired) electrons. The van der Waals surface area contributed by atoms with Gasteiger partial charge in [-0.25, -0.2) is 0 Å². The van der Waals surface area contributed by atoms with Crippen molar-refractivity contribution in [3.63, 3.8) is 0 Å². The Kier molecular flexibility index (Phi) is 3.89. The van der Waals surface area contributed by atoms with Crippen LogP contribution in [0.15, 0.2) is 48.8 Å². The van der Waals surface area contributed by atoms with Gasteiger partial charge in [0.1, 0.15) is 0 Å². The number of rotatable bonds is 3. The normalized spacial score (nSPS) is 16.4. The molecule has 2 aromatic rings. The summed E-state index contributed by atoms with van der Waals surface area (Å²) in [4.78, 5) is 4.44. The van der Waals surface area contributed by atoms with Gasteiger partial charge in [0, 0.05) is 12.4 Å². The first-order chi connectivity index (χ1) is 9.42. The molecule has 1 aromatic heterocycles. The summed E-state index contributed by atoms with van der Waals surface area (Å²) in [7, 11) is 0. The predicted molar refractivity (Wildman–Crippen MR) is 78.3 cm³/mol. The van der Waals surface area contributed by atoms with E-state index in [-0.39, 0.29) is 0 Å². The lowest BCUT2D eigenvalue weighted by atomic mass is 9.90. The molecule has 2 heteroatoms. The van der Waals surface area contributed by atoms with E-state index < -0.39 is 0 Å². The number of hydrogen-bond donors (Lipinski definition) is 1. The van der Waals surface area contributed by atoms with Crippen molar-refractivity contribution >= 4 is 0 Å². The highest BCUT2D eigenvalue weighted by atomic mass is 14.9. The second-order valence-electron chi connectivity index (χ2n) is 5.31. The van der Waals surface area contributed by atoms with E-state index in [9.17, 15) is 0 Å². The maximum atomic E-state index is 4.44. The summed E-state index contributed by atoms with van der Waals surface area (Å²) in [6, 6.07) is 13.0. The fourth-order valence-electron chi connectivity index (χ4n) is 2.81. The Bertz CT molecular complexity index is 516. The van der Waals surface area contributed by atoms with E-state index >= 15 is 0 Å². The Balaban J connectivity index is 1.76. The highest BCUT2D eigenvalue weighted by Crippen LogP contribution is 2.25. The SMILES string of the molecule is c1ccc(Cc2cncc(C3CCNCC3)c2)cc1. The molecule has 0 aliphatic carbocycles. The number of nitrogens with one attached hydrogen (secondary N) is 1. The molecule has 1 aromatic carbocycles. The van der Waals surface area contributed by atoms with Gasteiger partial charge >= 0.3 is 0 Å². The van der Waals surface area contributed by atoms with Crippen LogP contribution in [0.3, 0.4) is 0 Å². The minimum absolute atomic E-state index is 0.685. The zero-order valence-electron chi connectivity index (χ0n) is 11.2. The summed E-state index contributed by atoms with van der Waals surface area (Å²) in [5, 5.41) is 3.42. The molecule has 0 amide bonds. The van der Waals surface area contributed by atoms with Crippen LogP contribution in [0.1, 0.15) is 35.4 Å². The van der Waals surface area contributed by atoms with Crippen molar-refractivity contribution in [1.82, 2.24) is 10.3 Å². The third-order valence-electron chi connectivity index (χ3n) is 3.88. The molecule has 0 atom stereocenters. The van der Waals surface area contributed by atoms with Crippen LogP contribution in [0.2, 0.25) is 0 Å². The molecule has 0 spiro atoms. The van der Waals surface area contributed by atoms with Crippen LogP contribution in [0.4, 0.5) is 0 Å². The van der Waals surface area contributed by atoms with Gasteiger partial charge in [0.2, 0.25) is 0 Å². The molecule has 1 N–H and O–H groups in total. The highest BCUT2D eigenvalue weighted by Gasteiger charge is 2.15. The van der Waals surface area contributed by atoms with Gasteiger partial charge in [0.15, 0.2) is 0 Å². The number of aromatic nitrogens is 1. The molecule has 19 heavy (non-hydrogen) atoms. The van der Waals surface area contributed by atoms with Crippen LogP contribution in [0.25, 0.3) is 0 Å². The molecule has 1 saturated heterocycles. The number of benzene rings is 1. The molecule has 0 unspecified atom stereocenters. The molecule has 2 nitrogen and oxygen atoms in total. The summed E-state index contributed by atoms with van der Waals surface area (Å²) in [5.41, 5.74) is 4.09. The predicted octanol–water partition coefficient (Wildman–Crippen LogP) is 3.14. The van der Waals surface area contributed by atoms with Gasteiger partial charge in [-0.15, -0.1) is 0 Å². The largest absolute Gasteiger partial charge is 0.317 e. The Morgan fingerprint density at radius 2 is 1.79 bits per heavy atom. The first kappa shape index (κ1) is 12.4. The number of nitrogens with zero attached hydrogens (tertiary/aromatic N) is 1. The summed E-state index contributed by atoms with van der Waals surface area (Å²) in [5.74, 6) is 0.685. The fourth-order valence-corrected chi connectivity index (χ4v) is 2.81. The van der Waals surface area contributed by atoms with Crippen LogP contribution >= 0.6 is 0 Å². The molecular formula is C17H20N2. The maximum absolute atomic E-state index is 4.44. The number of hydrogen-bond acceptors (Lipinski definition) is 2. The molecule has 1 fully saturated rings. The van der Waals surface area contributed by atoms with Crippen molar-refractivity contribution in [2.45, 2.75) is 25.2 Å². The number of pyridine rings is 1. The van der Waals surface area contributed by atoms with Crippen molar-refractivity contribution in [3.8, 4) is 0 Å². The Labute approximate surface area is 114 Å². The molecule has 1 aliphatic heterocycles. The van der Waals surface area contributed by atoms with Gasteiger partial charge in [-0.3, -0.25) is 4.98 Å². The van der Waals surface area contributed by atoms with Gasteiger partial charge in [0.25, 0.3) is 0 Å². The summed E-state index contributed by atoms with van der Waals surface area (Å²) < 4.78 is 0. The van der Waals surface area contributed by atoms with Gasteiger partial charge < -0.3 is 5.32 Å². The van der Waals surface area contributed by atoms with E-state index in [1.165, 1.54) is 29.5 Å². The minimum atomic E-state index is 0.685. The van der Waals surface area contributed by atoms with E-state index in [1.54, 1.807) is 0 Å². The van der Waals surface area contributed by atoms with Crippen molar-refractivity contribution in [3.05, 3.63) is 65.5 Å². The average Bonchev–Trinajstić information content (AvgIpc) is 2.49. The second kappa shape index (κ2) is 5.98. The van der Waals surface area contributed by atoms with Crippen molar-refractivity contribution in [1.29, 1.82) is 0 Å². The van der Waals surface area contributed by atoms with E-state index in [0.29, 0.717) is 5.92 Å². The highest BCUT2D eigenvalue weighted by molar-refractivity contribution is 5.28. The molecular weight excluding hydrogens is 232 g/mol. The third-order valence-corrected chi connectivity index (χ3v) is 3.88. The average molecular weight is 252 g/mol. The maximum Gasteiger partial charge on any atom is 0.0303 e. The van der Waals surface area contributed by atoms with Gasteiger partial charge in [-0.2, -0.15) is 0 Å².